The van der Waals surface area contributed by atoms with E-state index in [1.165, 1.54) is 16.3 Å². The second kappa shape index (κ2) is 12.1. The first kappa shape index (κ1) is 28.2. The number of nitrogens with zero attached hydrogens (tertiary/aromatic N) is 2. The Morgan fingerprint density at radius 1 is 0.897 bits per heavy atom. The van der Waals surface area contributed by atoms with Crippen LogP contribution < -0.4 is 5.32 Å². The zero-order valence-corrected chi connectivity index (χ0v) is 24.2. The van der Waals surface area contributed by atoms with E-state index in [1.54, 1.807) is 16.4 Å². The first-order valence-corrected chi connectivity index (χ1v) is 15.9. The van der Waals surface area contributed by atoms with Gasteiger partial charge in [-0.25, -0.2) is 8.42 Å². The Kier molecular flexibility index (Phi) is 8.74. The molecule has 0 amide bonds. The highest BCUT2D eigenvalue weighted by Gasteiger charge is 2.32. The van der Waals surface area contributed by atoms with Crippen molar-refractivity contribution in [2.75, 3.05) is 26.2 Å². The molecular formula is C32H43N3O3S. The monoisotopic (exact) mass is 549 g/mol. The minimum Gasteiger partial charge on any atom is -0.390 e. The van der Waals surface area contributed by atoms with E-state index in [-0.39, 0.29) is 11.6 Å². The summed E-state index contributed by atoms with van der Waals surface area (Å²) >= 11 is 0. The van der Waals surface area contributed by atoms with E-state index in [0.717, 1.165) is 50.6 Å². The van der Waals surface area contributed by atoms with Crippen molar-refractivity contribution in [2.24, 2.45) is 0 Å². The van der Waals surface area contributed by atoms with Crippen LogP contribution in [-0.4, -0.2) is 66.6 Å². The van der Waals surface area contributed by atoms with Gasteiger partial charge in [-0.1, -0.05) is 61.0 Å². The molecule has 2 N–H and O–H groups in total. The minimum atomic E-state index is -3.41. The van der Waals surface area contributed by atoms with Crippen LogP contribution in [0.25, 0.3) is 10.8 Å². The lowest BCUT2D eigenvalue weighted by atomic mass is 9.93. The van der Waals surface area contributed by atoms with Gasteiger partial charge in [-0.2, -0.15) is 4.31 Å². The highest BCUT2D eigenvalue weighted by molar-refractivity contribution is 7.89. The first-order valence-electron chi connectivity index (χ1n) is 14.5. The second-order valence-corrected chi connectivity index (χ2v) is 13.9. The number of piperidine rings is 1. The standard InChI is InChI=1S/C32H43N3O3S/c1-32(2,22-26-12-15-27-9-4-5-10-28(27)21-26)33-23-31(36)30-11-8-18-34(30)24-25-13-16-29(17-14-25)39(37,38)35-19-6-3-7-20-35/h4-5,9-10,12-17,21,30-31,33,36H,3,6-8,11,18-20,22-24H2,1-2H3. The van der Waals surface area contributed by atoms with Crippen LogP contribution in [0, 0.1) is 0 Å². The van der Waals surface area contributed by atoms with Gasteiger partial charge < -0.3 is 10.4 Å². The van der Waals surface area contributed by atoms with E-state index in [2.05, 4.69) is 66.5 Å². The molecule has 0 spiro atoms. The largest absolute Gasteiger partial charge is 0.390 e. The Labute approximate surface area is 234 Å². The molecule has 2 heterocycles. The summed E-state index contributed by atoms with van der Waals surface area (Å²) in [7, 11) is -3.41. The number of hydrogen-bond donors (Lipinski definition) is 2. The molecule has 0 bridgehead atoms. The maximum atomic E-state index is 13.0. The molecule has 6 nitrogen and oxygen atoms in total. The normalized spacial score (nSPS) is 20.4. The Morgan fingerprint density at radius 2 is 1.59 bits per heavy atom. The number of likely N-dealkylation sites (tertiary alicyclic amines) is 1. The molecule has 5 rings (SSSR count). The Morgan fingerprint density at radius 3 is 2.33 bits per heavy atom. The number of aliphatic hydroxyl groups is 1. The summed E-state index contributed by atoms with van der Waals surface area (Å²) < 4.78 is 27.6. The third-order valence-electron chi connectivity index (χ3n) is 8.37. The van der Waals surface area contributed by atoms with Crippen LogP contribution in [0.5, 0.6) is 0 Å². The third-order valence-corrected chi connectivity index (χ3v) is 10.3. The fraction of sp³-hybridized carbons (Fsp3) is 0.500. The van der Waals surface area contributed by atoms with E-state index in [0.29, 0.717) is 31.1 Å². The van der Waals surface area contributed by atoms with Gasteiger partial charge in [-0.3, -0.25) is 4.90 Å². The quantitative estimate of drug-likeness (QED) is 0.374. The van der Waals surface area contributed by atoms with E-state index in [1.807, 2.05) is 12.1 Å². The lowest BCUT2D eigenvalue weighted by molar-refractivity contribution is 0.0633. The van der Waals surface area contributed by atoms with Crippen molar-refractivity contribution < 1.29 is 13.5 Å². The van der Waals surface area contributed by atoms with E-state index in [4.69, 9.17) is 0 Å². The predicted octanol–water partition coefficient (Wildman–Crippen LogP) is 4.95. The van der Waals surface area contributed by atoms with E-state index < -0.39 is 16.1 Å². The zero-order chi connectivity index (χ0) is 27.5. The lowest BCUT2D eigenvalue weighted by Gasteiger charge is -2.33. The average Bonchev–Trinajstić information content (AvgIpc) is 3.40. The van der Waals surface area contributed by atoms with E-state index in [9.17, 15) is 13.5 Å². The molecule has 0 saturated carbocycles. The number of sulfonamides is 1. The maximum Gasteiger partial charge on any atom is 0.243 e. The molecule has 3 aromatic carbocycles. The highest BCUT2D eigenvalue weighted by atomic mass is 32.2. The van der Waals surface area contributed by atoms with Crippen LogP contribution in [0.1, 0.15) is 57.1 Å². The Bertz CT molecular complexity index is 1350. The smallest absolute Gasteiger partial charge is 0.243 e. The number of β-amino-alcohol motifs (C(OH)–C–C–N with tert-alkyl or cyclic N) is 1. The number of nitrogens with one attached hydrogen (secondary N) is 1. The predicted molar refractivity (Wildman–Crippen MR) is 158 cm³/mol. The molecule has 2 aliphatic heterocycles. The summed E-state index contributed by atoms with van der Waals surface area (Å²) in [5.74, 6) is 0. The topological polar surface area (TPSA) is 72.9 Å². The molecule has 2 aliphatic rings. The van der Waals surface area contributed by atoms with Crippen LogP contribution in [0.3, 0.4) is 0 Å². The molecule has 7 heteroatoms. The molecule has 2 unspecified atom stereocenters. The summed E-state index contributed by atoms with van der Waals surface area (Å²) in [5, 5.41) is 17.3. The van der Waals surface area contributed by atoms with Gasteiger partial charge in [-0.05, 0) is 86.5 Å². The van der Waals surface area contributed by atoms with E-state index >= 15 is 0 Å². The number of fused-ring (bicyclic) bond motifs is 1. The van der Waals surface area contributed by atoms with Crippen LogP contribution in [0.15, 0.2) is 71.6 Å². The zero-order valence-electron chi connectivity index (χ0n) is 23.4. The molecular weight excluding hydrogens is 506 g/mol. The van der Waals surface area contributed by atoms with Gasteiger partial charge >= 0.3 is 0 Å². The fourth-order valence-corrected chi connectivity index (χ4v) is 7.70. The molecule has 0 aromatic heterocycles. The molecule has 3 aromatic rings. The number of rotatable bonds is 10. The van der Waals surface area contributed by atoms with Crippen molar-refractivity contribution in [3.05, 3.63) is 77.9 Å². The summed E-state index contributed by atoms with van der Waals surface area (Å²) in [5.41, 5.74) is 2.22. The summed E-state index contributed by atoms with van der Waals surface area (Å²) in [4.78, 5) is 2.72. The van der Waals surface area contributed by atoms with Crippen molar-refractivity contribution in [1.82, 2.24) is 14.5 Å². The number of benzene rings is 3. The van der Waals surface area contributed by atoms with Gasteiger partial charge in [0.2, 0.25) is 10.0 Å². The molecule has 0 aliphatic carbocycles. The summed E-state index contributed by atoms with van der Waals surface area (Å²) in [6.07, 6.45) is 5.41. The first-order chi connectivity index (χ1) is 18.7. The number of hydrogen-bond acceptors (Lipinski definition) is 5. The second-order valence-electron chi connectivity index (χ2n) is 12.0. The van der Waals surface area contributed by atoms with Crippen molar-refractivity contribution in [1.29, 1.82) is 0 Å². The van der Waals surface area contributed by atoms with Crippen LogP contribution >= 0.6 is 0 Å². The van der Waals surface area contributed by atoms with Gasteiger partial charge in [0.1, 0.15) is 0 Å². The van der Waals surface area contributed by atoms with Crippen LogP contribution in [0.2, 0.25) is 0 Å². The molecule has 210 valence electrons. The lowest BCUT2D eigenvalue weighted by Crippen LogP contribution is -2.50. The fourth-order valence-electron chi connectivity index (χ4n) is 6.18. The minimum absolute atomic E-state index is 0.0886. The van der Waals surface area contributed by atoms with Crippen molar-refractivity contribution in [2.45, 2.75) is 81.5 Å². The van der Waals surface area contributed by atoms with Crippen molar-refractivity contribution in [3.8, 4) is 0 Å². The molecule has 2 atom stereocenters. The Balaban J connectivity index is 1.16. The average molecular weight is 550 g/mol. The van der Waals surface area contributed by atoms with Gasteiger partial charge in [0.25, 0.3) is 0 Å². The molecule has 39 heavy (non-hydrogen) atoms. The maximum absolute atomic E-state index is 13.0. The van der Waals surface area contributed by atoms with Crippen LogP contribution in [-0.2, 0) is 23.0 Å². The Hall–Kier alpha value is -2.29. The molecule has 2 saturated heterocycles. The highest BCUT2D eigenvalue weighted by Crippen LogP contribution is 2.26. The molecule has 2 fully saturated rings. The van der Waals surface area contributed by atoms with Crippen molar-refractivity contribution >= 4 is 20.8 Å². The summed E-state index contributed by atoms with van der Waals surface area (Å²) in [6, 6.07) is 22.5. The van der Waals surface area contributed by atoms with Crippen LogP contribution in [0.4, 0.5) is 0 Å². The third kappa shape index (κ3) is 6.90. The van der Waals surface area contributed by atoms with Gasteiger partial charge in [0.05, 0.1) is 11.0 Å². The van der Waals surface area contributed by atoms with Crippen molar-refractivity contribution in [3.63, 3.8) is 0 Å². The summed E-state index contributed by atoms with van der Waals surface area (Å²) in [6.45, 7) is 7.81. The van der Waals surface area contributed by atoms with Gasteiger partial charge in [-0.15, -0.1) is 0 Å². The van der Waals surface area contributed by atoms with Gasteiger partial charge in [0.15, 0.2) is 0 Å². The SMILES string of the molecule is CC(C)(Cc1ccc2ccccc2c1)NCC(O)C1CCCN1Cc1ccc(S(=O)(=O)N2CCCCC2)cc1. The number of aliphatic hydroxyl groups excluding tert-OH is 1. The van der Waals surface area contributed by atoms with Gasteiger partial charge in [0, 0.05) is 37.8 Å². The molecule has 0 radical (unpaired) electrons.